The van der Waals surface area contributed by atoms with E-state index in [1.807, 2.05) is 42.5 Å². The summed E-state index contributed by atoms with van der Waals surface area (Å²) >= 11 is 0. The van der Waals surface area contributed by atoms with Gasteiger partial charge in [-0.3, -0.25) is 14.4 Å². The predicted molar refractivity (Wildman–Crippen MR) is 97.9 cm³/mol. The number of rotatable bonds is 3. The fourth-order valence-corrected chi connectivity index (χ4v) is 3.62. The molecule has 132 valence electrons. The summed E-state index contributed by atoms with van der Waals surface area (Å²) in [5.41, 5.74) is 3.49. The SMILES string of the molecule is O=C1CC(C(=O)NCC(=O)N2CCc3ccccc32)c2ccccc2N1. The Morgan fingerprint density at radius 3 is 2.77 bits per heavy atom. The average molecular weight is 349 g/mol. The zero-order valence-electron chi connectivity index (χ0n) is 14.2. The summed E-state index contributed by atoms with van der Waals surface area (Å²) in [5.74, 6) is -1.20. The Morgan fingerprint density at radius 1 is 1.12 bits per heavy atom. The number of fused-ring (bicyclic) bond motifs is 2. The van der Waals surface area contributed by atoms with E-state index in [1.54, 1.807) is 11.0 Å². The number of para-hydroxylation sites is 2. The summed E-state index contributed by atoms with van der Waals surface area (Å²) in [6.45, 7) is 0.552. The summed E-state index contributed by atoms with van der Waals surface area (Å²) < 4.78 is 0. The van der Waals surface area contributed by atoms with Gasteiger partial charge in [0.25, 0.3) is 0 Å². The van der Waals surface area contributed by atoms with Crippen molar-refractivity contribution >= 4 is 29.1 Å². The van der Waals surface area contributed by atoms with Gasteiger partial charge in [-0.2, -0.15) is 0 Å². The molecule has 0 aliphatic carbocycles. The van der Waals surface area contributed by atoms with Crippen molar-refractivity contribution in [3.8, 4) is 0 Å². The Bertz CT molecular complexity index is 893. The molecule has 0 saturated heterocycles. The molecule has 6 nitrogen and oxygen atoms in total. The third kappa shape index (κ3) is 2.94. The monoisotopic (exact) mass is 349 g/mol. The van der Waals surface area contributed by atoms with Crippen LogP contribution in [-0.2, 0) is 20.8 Å². The van der Waals surface area contributed by atoms with Crippen LogP contribution in [0.3, 0.4) is 0 Å². The van der Waals surface area contributed by atoms with E-state index in [0.29, 0.717) is 12.2 Å². The lowest BCUT2D eigenvalue weighted by molar-refractivity contribution is -0.128. The van der Waals surface area contributed by atoms with Gasteiger partial charge in [0.1, 0.15) is 0 Å². The molecule has 2 heterocycles. The summed E-state index contributed by atoms with van der Waals surface area (Å²) in [4.78, 5) is 38.7. The van der Waals surface area contributed by atoms with Crippen LogP contribution in [0.2, 0.25) is 0 Å². The second-order valence-electron chi connectivity index (χ2n) is 6.53. The Hall–Kier alpha value is -3.15. The third-order valence-electron chi connectivity index (χ3n) is 4.92. The topological polar surface area (TPSA) is 78.5 Å². The van der Waals surface area contributed by atoms with Crippen LogP contribution in [0.5, 0.6) is 0 Å². The molecule has 2 aromatic carbocycles. The van der Waals surface area contributed by atoms with Gasteiger partial charge in [-0.1, -0.05) is 36.4 Å². The van der Waals surface area contributed by atoms with E-state index >= 15 is 0 Å². The maximum Gasteiger partial charge on any atom is 0.246 e. The smallest absolute Gasteiger partial charge is 0.246 e. The number of anilines is 2. The Kier molecular flexibility index (Phi) is 4.16. The molecular weight excluding hydrogens is 330 g/mol. The van der Waals surface area contributed by atoms with Crippen molar-refractivity contribution in [2.75, 3.05) is 23.3 Å². The first-order valence-electron chi connectivity index (χ1n) is 8.68. The van der Waals surface area contributed by atoms with Gasteiger partial charge in [0.05, 0.1) is 12.5 Å². The second kappa shape index (κ2) is 6.63. The molecule has 0 aromatic heterocycles. The molecule has 1 atom stereocenters. The number of nitrogens with zero attached hydrogens (tertiary/aromatic N) is 1. The molecule has 0 radical (unpaired) electrons. The highest BCUT2D eigenvalue weighted by atomic mass is 16.2. The Balaban J connectivity index is 1.43. The lowest BCUT2D eigenvalue weighted by atomic mass is 9.90. The van der Waals surface area contributed by atoms with Crippen LogP contribution < -0.4 is 15.5 Å². The molecule has 3 amide bonds. The van der Waals surface area contributed by atoms with Crippen molar-refractivity contribution in [3.63, 3.8) is 0 Å². The molecule has 0 fully saturated rings. The van der Waals surface area contributed by atoms with E-state index in [0.717, 1.165) is 23.2 Å². The van der Waals surface area contributed by atoms with Gasteiger partial charge in [0.15, 0.2) is 0 Å². The fourth-order valence-electron chi connectivity index (χ4n) is 3.62. The van der Waals surface area contributed by atoms with E-state index in [9.17, 15) is 14.4 Å². The summed E-state index contributed by atoms with van der Waals surface area (Å²) in [6, 6.07) is 15.1. The number of hydrogen-bond acceptors (Lipinski definition) is 3. The highest BCUT2D eigenvalue weighted by Crippen LogP contribution is 2.32. The van der Waals surface area contributed by atoms with E-state index in [2.05, 4.69) is 10.6 Å². The van der Waals surface area contributed by atoms with Crippen LogP contribution in [-0.4, -0.2) is 30.8 Å². The lowest BCUT2D eigenvalue weighted by Gasteiger charge is -2.25. The van der Waals surface area contributed by atoms with Crippen molar-refractivity contribution in [3.05, 3.63) is 59.7 Å². The van der Waals surface area contributed by atoms with Crippen molar-refractivity contribution in [2.24, 2.45) is 0 Å². The van der Waals surface area contributed by atoms with Crippen LogP contribution in [0.15, 0.2) is 48.5 Å². The van der Waals surface area contributed by atoms with Gasteiger partial charge in [0.2, 0.25) is 17.7 Å². The minimum Gasteiger partial charge on any atom is -0.346 e. The van der Waals surface area contributed by atoms with Crippen molar-refractivity contribution in [2.45, 2.75) is 18.8 Å². The number of nitrogens with one attached hydrogen (secondary N) is 2. The predicted octanol–water partition coefficient (Wildman–Crippen LogP) is 1.82. The molecular formula is C20H19N3O3. The van der Waals surface area contributed by atoms with Crippen LogP contribution in [0.1, 0.15) is 23.5 Å². The molecule has 26 heavy (non-hydrogen) atoms. The molecule has 4 rings (SSSR count). The summed E-state index contributed by atoms with van der Waals surface area (Å²) in [6.07, 6.45) is 0.912. The molecule has 2 N–H and O–H groups in total. The lowest BCUT2D eigenvalue weighted by Crippen LogP contribution is -2.42. The first-order chi connectivity index (χ1) is 12.6. The minimum absolute atomic E-state index is 0.0759. The Labute approximate surface area is 151 Å². The second-order valence-corrected chi connectivity index (χ2v) is 6.53. The minimum atomic E-state index is -0.571. The Morgan fingerprint density at radius 2 is 1.88 bits per heavy atom. The van der Waals surface area contributed by atoms with Gasteiger partial charge < -0.3 is 15.5 Å². The maximum absolute atomic E-state index is 12.6. The van der Waals surface area contributed by atoms with Gasteiger partial charge >= 0.3 is 0 Å². The van der Waals surface area contributed by atoms with Crippen LogP contribution in [0.4, 0.5) is 11.4 Å². The van der Waals surface area contributed by atoms with E-state index < -0.39 is 5.92 Å². The van der Waals surface area contributed by atoms with Gasteiger partial charge in [0, 0.05) is 24.3 Å². The van der Waals surface area contributed by atoms with E-state index in [-0.39, 0.29) is 30.7 Å². The molecule has 0 spiro atoms. The van der Waals surface area contributed by atoms with Gasteiger partial charge in [-0.05, 0) is 29.7 Å². The maximum atomic E-state index is 12.6. The van der Waals surface area contributed by atoms with Crippen LogP contribution >= 0.6 is 0 Å². The molecule has 2 aromatic rings. The highest BCUT2D eigenvalue weighted by molar-refractivity contribution is 6.03. The van der Waals surface area contributed by atoms with Crippen molar-refractivity contribution in [1.29, 1.82) is 0 Å². The zero-order valence-corrected chi connectivity index (χ0v) is 14.2. The largest absolute Gasteiger partial charge is 0.346 e. The standard InChI is InChI=1S/C20H19N3O3/c24-18-11-15(14-6-2-3-7-16(14)22-18)20(26)21-12-19(25)23-10-9-13-5-1-4-8-17(13)23/h1-8,15H,9-12H2,(H,21,26)(H,22,24). The molecule has 2 aliphatic rings. The van der Waals surface area contributed by atoms with Gasteiger partial charge in [-0.15, -0.1) is 0 Å². The normalized spacial score (nSPS) is 17.9. The molecule has 0 bridgehead atoms. The van der Waals surface area contributed by atoms with Crippen molar-refractivity contribution in [1.82, 2.24) is 5.32 Å². The van der Waals surface area contributed by atoms with E-state index in [4.69, 9.17) is 0 Å². The van der Waals surface area contributed by atoms with Crippen molar-refractivity contribution < 1.29 is 14.4 Å². The number of benzene rings is 2. The van der Waals surface area contributed by atoms with Crippen LogP contribution in [0, 0.1) is 0 Å². The summed E-state index contributed by atoms with van der Waals surface area (Å²) in [5, 5.41) is 5.48. The van der Waals surface area contributed by atoms with Crippen LogP contribution in [0.25, 0.3) is 0 Å². The third-order valence-corrected chi connectivity index (χ3v) is 4.92. The number of carbonyl (C=O) groups excluding carboxylic acids is 3. The first kappa shape index (κ1) is 16.3. The molecule has 0 saturated carbocycles. The number of amides is 3. The number of carbonyl (C=O) groups is 3. The molecule has 6 heteroatoms. The highest BCUT2D eigenvalue weighted by Gasteiger charge is 2.31. The molecule has 1 unspecified atom stereocenters. The van der Waals surface area contributed by atoms with E-state index in [1.165, 1.54) is 0 Å². The molecule has 2 aliphatic heterocycles. The summed E-state index contributed by atoms with van der Waals surface area (Å²) in [7, 11) is 0. The first-order valence-corrected chi connectivity index (χ1v) is 8.68. The fraction of sp³-hybridized carbons (Fsp3) is 0.250. The average Bonchev–Trinajstić information content (AvgIpc) is 3.09. The quantitative estimate of drug-likeness (QED) is 0.887. The zero-order chi connectivity index (χ0) is 18.1. The number of hydrogen-bond donors (Lipinski definition) is 2. The van der Waals surface area contributed by atoms with Gasteiger partial charge in [-0.25, -0.2) is 0 Å².